The van der Waals surface area contributed by atoms with Crippen molar-refractivity contribution in [1.29, 1.82) is 0 Å². The van der Waals surface area contributed by atoms with Crippen molar-refractivity contribution in [2.24, 2.45) is 0 Å². The van der Waals surface area contributed by atoms with Crippen LogP contribution in [0, 0.1) is 6.92 Å². The van der Waals surface area contributed by atoms with E-state index in [0.29, 0.717) is 18.2 Å². The first-order chi connectivity index (χ1) is 11.1. The smallest absolute Gasteiger partial charge is 0.307 e. The molecule has 1 aliphatic rings. The van der Waals surface area contributed by atoms with Gasteiger partial charge in [0, 0.05) is 11.6 Å². The number of benzene rings is 1. The Morgan fingerprint density at radius 1 is 1.17 bits per heavy atom. The van der Waals surface area contributed by atoms with Crippen LogP contribution in [0.4, 0.5) is 0 Å². The Labute approximate surface area is 138 Å². The summed E-state index contributed by atoms with van der Waals surface area (Å²) in [6.45, 7) is 4.11. The fourth-order valence-electron chi connectivity index (χ4n) is 3.09. The second-order valence-corrected chi connectivity index (χ2v) is 6.29. The van der Waals surface area contributed by atoms with E-state index in [-0.39, 0.29) is 18.2 Å². The largest absolute Gasteiger partial charge is 0.466 e. The van der Waals surface area contributed by atoms with Crippen LogP contribution in [0.1, 0.15) is 61.4 Å². The maximum Gasteiger partial charge on any atom is 0.307 e. The highest BCUT2D eigenvalue weighted by molar-refractivity contribution is 6.01. The van der Waals surface area contributed by atoms with Gasteiger partial charge in [0.25, 0.3) is 0 Å². The lowest BCUT2D eigenvalue weighted by Crippen LogP contribution is -2.45. The Hall–Kier alpha value is -1.68. The van der Waals surface area contributed by atoms with Crippen LogP contribution in [-0.2, 0) is 9.53 Å². The lowest BCUT2D eigenvalue weighted by atomic mass is 9.93. The van der Waals surface area contributed by atoms with Gasteiger partial charge in [0.1, 0.15) is 0 Å². The number of aryl methyl sites for hydroxylation is 1. The number of hydrogen-bond donors (Lipinski definition) is 1. The van der Waals surface area contributed by atoms with Crippen LogP contribution >= 0.6 is 0 Å². The van der Waals surface area contributed by atoms with E-state index in [2.05, 4.69) is 5.32 Å². The molecule has 1 N–H and O–H groups in total. The molecule has 0 saturated heterocycles. The molecule has 0 amide bonds. The van der Waals surface area contributed by atoms with Crippen molar-refractivity contribution >= 4 is 11.8 Å². The molecule has 1 aromatic carbocycles. The molecular formula is C19H27NO3. The van der Waals surface area contributed by atoms with Gasteiger partial charge >= 0.3 is 5.97 Å². The molecule has 23 heavy (non-hydrogen) atoms. The van der Waals surface area contributed by atoms with Gasteiger partial charge in [-0.2, -0.15) is 0 Å². The SMILES string of the molecule is CCOC(=O)CC(NC1CCCCC1)C(=O)c1ccc(C)cc1. The average molecular weight is 317 g/mol. The van der Waals surface area contributed by atoms with E-state index in [1.807, 2.05) is 31.2 Å². The molecule has 4 heteroatoms. The molecule has 2 rings (SSSR count). The number of rotatable bonds is 7. The molecule has 1 aromatic rings. The quantitative estimate of drug-likeness (QED) is 0.618. The van der Waals surface area contributed by atoms with Gasteiger partial charge in [-0.3, -0.25) is 9.59 Å². The Balaban J connectivity index is 2.08. The Morgan fingerprint density at radius 2 is 1.83 bits per heavy atom. The molecule has 0 aliphatic heterocycles. The summed E-state index contributed by atoms with van der Waals surface area (Å²) in [5.41, 5.74) is 1.76. The van der Waals surface area contributed by atoms with Gasteiger partial charge in [-0.15, -0.1) is 0 Å². The lowest BCUT2D eigenvalue weighted by molar-refractivity contribution is -0.143. The summed E-state index contributed by atoms with van der Waals surface area (Å²) in [6, 6.07) is 7.33. The van der Waals surface area contributed by atoms with Crippen molar-refractivity contribution in [1.82, 2.24) is 5.32 Å². The third-order valence-corrected chi connectivity index (χ3v) is 4.37. The first kappa shape index (κ1) is 17.7. The van der Waals surface area contributed by atoms with Crippen LogP contribution in [0.2, 0.25) is 0 Å². The van der Waals surface area contributed by atoms with E-state index < -0.39 is 6.04 Å². The van der Waals surface area contributed by atoms with Crippen molar-refractivity contribution in [2.45, 2.75) is 64.5 Å². The Kier molecular flexibility index (Phi) is 6.78. The van der Waals surface area contributed by atoms with Crippen LogP contribution in [0.5, 0.6) is 0 Å². The zero-order chi connectivity index (χ0) is 16.7. The van der Waals surface area contributed by atoms with Crippen LogP contribution in [0.15, 0.2) is 24.3 Å². The predicted octanol–water partition coefficient (Wildman–Crippen LogP) is 3.42. The third kappa shape index (κ3) is 5.47. The highest BCUT2D eigenvalue weighted by Crippen LogP contribution is 2.19. The molecule has 1 aliphatic carbocycles. The minimum absolute atomic E-state index is 0.0244. The fourth-order valence-corrected chi connectivity index (χ4v) is 3.09. The molecule has 4 nitrogen and oxygen atoms in total. The summed E-state index contributed by atoms with van der Waals surface area (Å²) in [7, 11) is 0. The Bertz CT molecular complexity index is 518. The van der Waals surface area contributed by atoms with Crippen molar-refractivity contribution in [3.05, 3.63) is 35.4 Å². The highest BCUT2D eigenvalue weighted by atomic mass is 16.5. The van der Waals surface area contributed by atoms with Gasteiger partial charge in [0.05, 0.1) is 19.1 Å². The van der Waals surface area contributed by atoms with E-state index in [9.17, 15) is 9.59 Å². The van der Waals surface area contributed by atoms with Gasteiger partial charge in [-0.1, -0.05) is 49.1 Å². The number of hydrogen-bond acceptors (Lipinski definition) is 4. The summed E-state index contributed by atoms with van der Waals surface area (Å²) >= 11 is 0. The molecule has 1 saturated carbocycles. The molecule has 0 radical (unpaired) electrons. The zero-order valence-corrected chi connectivity index (χ0v) is 14.1. The van der Waals surface area contributed by atoms with Gasteiger partial charge < -0.3 is 10.1 Å². The number of ether oxygens (including phenoxy) is 1. The zero-order valence-electron chi connectivity index (χ0n) is 14.1. The third-order valence-electron chi connectivity index (χ3n) is 4.37. The normalized spacial score (nSPS) is 16.8. The average Bonchev–Trinajstić information content (AvgIpc) is 2.55. The molecule has 1 atom stereocenters. The van der Waals surface area contributed by atoms with E-state index >= 15 is 0 Å². The van der Waals surface area contributed by atoms with Crippen molar-refractivity contribution in [3.8, 4) is 0 Å². The fraction of sp³-hybridized carbons (Fsp3) is 0.579. The van der Waals surface area contributed by atoms with E-state index in [1.165, 1.54) is 19.3 Å². The molecule has 1 unspecified atom stereocenters. The molecular weight excluding hydrogens is 290 g/mol. The Morgan fingerprint density at radius 3 is 2.43 bits per heavy atom. The summed E-state index contributed by atoms with van der Waals surface area (Å²) in [5, 5.41) is 3.41. The minimum Gasteiger partial charge on any atom is -0.466 e. The summed E-state index contributed by atoms with van der Waals surface area (Å²) in [4.78, 5) is 24.7. The number of Topliss-reactive ketones (excluding diaryl/α,β-unsaturated/α-hetero) is 1. The second-order valence-electron chi connectivity index (χ2n) is 6.29. The van der Waals surface area contributed by atoms with Crippen molar-refractivity contribution < 1.29 is 14.3 Å². The molecule has 0 heterocycles. The van der Waals surface area contributed by atoms with E-state index in [0.717, 1.165) is 18.4 Å². The minimum atomic E-state index is -0.500. The second kappa shape index (κ2) is 8.82. The molecule has 0 bridgehead atoms. The number of carbonyl (C=O) groups is 2. The van der Waals surface area contributed by atoms with Gasteiger partial charge in [-0.05, 0) is 26.7 Å². The van der Waals surface area contributed by atoms with Crippen LogP contribution in [0.25, 0.3) is 0 Å². The maximum atomic E-state index is 12.8. The monoisotopic (exact) mass is 317 g/mol. The first-order valence-corrected chi connectivity index (χ1v) is 8.62. The van der Waals surface area contributed by atoms with Crippen molar-refractivity contribution in [2.75, 3.05) is 6.61 Å². The highest BCUT2D eigenvalue weighted by Gasteiger charge is 2.27. The predicted molar refractivity (Wildman–Crippen MR) is 90.6 cm³/mol. The van der Waals surface area contributed by atoms with E-state index in [1.54, 1.807) is 6.92 Å². The van der Waals surface area contributed by atoms with Crippen LogP contribution < -0.4 is 5.32 Å². The summed E-state index contributed by atoms with van der Waals surface area (Å²) in [5.74, 6) is -0.343. The number of carbonyl (C=O) groups excluding carboxylic acids is 2. The molecule has 0 spiro atoms. The lowest BCUT2D eigenvalue weighted by Gasteiger charge is -2.27. The topological polar surface area (TPSA) is 55.4 Å². The number of nitrogens with one attached hydrogen (secondary N) is 1. The van der Waals surface area contributed by atoms with Gasteiger partial charge in [0.2, 0.25) is 0 Å². The van der Waals surface area contributed by atoms with E-state index in [4.69, 9.17) is 4.74 Å². The van der Waals surface area contributed by atoms with Crippen LogP contribution in [-0.4, -0.2) is 30.4 Å². The maximum absolute atomic E-state index is 12.8. The van der Waals surface area contributed by atoms with Crippen LogP contribution in [0.3, 0.4) is 0 Å². The molecule has 126 valence electrons. The number of ketones is 1. The molecule has 1 fully saturated rings. The van der Waals surface area contributed by atoms with Gasteiger partial charge in [-0.25, -0.2) is 0 Å². The number of esters is 1. The van der Waals surface area contributed by atoms with Crippen molar-refractivity contribution in [3.63, 3.8) is 0 Å². The first-order valence-electron chi connectivity index (χ1n) is 8.62. The standard InChI is InChI=1S/C19H27NO3/c1-3-23-18(21)13-17(20-16-7-5-4-6-8-16)19(22)15-11-9-14(2)10-12-15/h9-12,16-17,20H,3-8,13H2,1-2H3. The summed E-state index contributed by atoms with van der Waals surface area (Å²) < 4.78 is 5.04. The van der Waals surface area contributed by atoms with Gasteiger partial charge in [0.15, 0.2) is 5.78 Å². The molecule has 0 aromatic heterocycles. The summed E-state index contributed by atoms with van der Waals surface area (Å²) in [6.07, 6.45) is 5.86.